The molecule has 0 aliphatic heterocycles. The van der Waals surface area contributed by atoms with E-state index in [9.17, 15) is 18.0 Å². The summed E-state index contributed by atoms with van der Waals surface area (Å²) in [5.74, 6) is -0.493. The van der Waals surface area contributed by atoms with Gasteiger partial charge in [-0.25, -0.2) is 4.79 Å². The molecule has 1 aromatic heterocycles. The van der Waals surface area contributed by atoms with E-state index in [2.05, 4.69) is 9.98 Å². The van der Waals surface area contributed by atoms with E-state index in [1.807, 2.05) is 0 Å². The molecule has 0 atom stereocenters. The average Bonchev–Trinajstić information content (AvgIpc) is 2.53. The predicted octanol–water partition coefficient (Wildman–Crippen LogP) is 2.60. The second-order valence-electron chi connectivity index (χ2n) is 5.12. The van der Waals surface area contributed by atoms with Crippen molar-refractivity contribution in [2.45, 2.75) is 19.2 Å². The van der Waals surface area contributed by atoms with Gasteiger partial charge >= 0.3 is 12.3 Å². The normalized spacial score (nSPS) is 11.0. The van der Waals surface area contributed by atoms with Gasteiger partial charge < -0.3 is 16.2 Å². The topological polar surface area (TPSA) is 104 Å². The van der Waals surface area contributed by atoms with Crippen LogP contribution in [-0.4, -0.2) is 17.0 Å². The van der Waals surface area contributed by atoms with Crippen molar-refractivity contribution in [1.29, 1.82) is 0 Å². The van der Waals surface area contributed by atoms with Crippen LogP contribution < -0.4 is 11.5 Å². The smallest absolute Gasteiger partial charge is 0.437 e. The molecule has 0 aliphatic carbocycles. The Morgan fingerprint density at radius 1 is 1.20 bits per heavy atom. The number of aliphatic imine (C=N–C) groups is 1. The number of rotatable bonds is 4. The Kier molecular flexibility index (Phi) is 5.58. The standard InChI is InChI=1S/C16H15F3N4O2/c17-16(18,19)13-7-11(9-25-15(24)23-14(20)21)3-4-12(13)6-10-2-1-5-22-8-10/h1-5,7-8H,6,9H2,(H4,20,21,23,24). The maximum atomic E-state index is 13.3. The lowest BCUT2D eigenvalue weighted by Crippen LogP contribution is -2.24. The quantitative estimate of drug-likeness (QED) is 0.650. The summed E-state index contributed by atoms with van der Waals surface area (Å²) in [5.41, 5.74) is 10.1. The third kappa shape index (κ3) is 5.48. The molecule has 0 saturated heterocycles. The van der Waals surface area contributed by atoms with Crippen molar-refractivity contribution in [3.8, 4) is 0 Å². The Morgan fingerprint density at radius 2 is 1.96 bits per heavy atom. The maximum absolute atomic E-state index is 13.3. The van der Waals surface area contributed by atoms with Crippen LogP contribution in [0, 0.1) is 0 Å². The summed E-state index contributed by atoms with van der Waals surface area (Å²) >= 11 is 0. The second kappa shape index (κ2) is 7.65. The SMILES string of the molecule is NC(N)=NC(=O)OCc1ccc(Cc2cccnc2)c(C(F)(F)F)c1. The third-order valence-corrected chi connectivity index (χ3v) is 3.18. The van der Waals surface area contributed by atoms with Gasteiger partial charge in [-0.2, -0.15) is 13.2 Å². The molecule has 2 rings (SSSR count). The van der Waals surface area contributed by atoms with Gasteiger partial charge in [-0.05, 0) is 35.2 Å². The molecule has 9 heteroatoms. The van der Waals surface area contributed by atoms with Gasteiger partial charge in [-0.1, -0.05) is 18.2 Å². The minimum absolute atomic E-state index is 0.0801. The number of hydrogen-bond donors (Lipinski definition) is 2. The van der Waals surface area contributed by atoms with Crippen LogP contribution in [0.1, 0.15) is 22.3 Å². The van der Waals surface area contributed by atoms with Gasteiger partial charge in [0.25, 0.3) is 0 Å². The Hall–Kier alpha value is -3.10. The molecule has 6 nitrogen and oxygen atoms in total. The fraction of sp³-hybridized carbons (Fsp3) is 0.188. The maximum Gasteiger partial charge on any atom is 0.437 e. The Labute approximate surface area is 141 Å². The predicted molar refractivity (Wildman–Crippen MR) is 84.5 cm³/mol. The number of nitrogens with two attached hydrogens (primary N) is 2. The lowest BCUT2D eigenvalue weighted by molar-refractivity contribution is -0.138. The molecule has 25 heavy (non-hydrogen) atoms. The number of pyridine rings is 1. The molecule has 4 N–H and O–H groups in total. The first-order valence-electron chi connectivity index (χ1n) is 7.10. The zero-order valence-electron chi connectivity index (χ0n) is 13.0. The number of nitrogens with zero attached hydrogens (tertiary/aromatic N) is 2. The molecule has 1 heterocycles. The molecular weight excluding hydrogens is 337 g/mol. The molecule has 0 bridgehead atoms. The van der Waals surface area contributed by atoms with Gasteiger partial charge in [0.2, 0.25) is 0 Å². The van der Waals surface area contributed by atoms with Gasteiger partial charge in [-0.15, -0.1) is 4.99 Å². The van der Waals surface area contributed by atoms with E-state index in [1.165, 1.54) is 18.3 Å². The summed E-state index contributed by atoms with van der Waals surface area (Å²) in [6.07, 6.45) is -2.49. The Morgan fingerprint density at radius 3 is 2.56 bits per heavy atom. The number of carbonyl (C=O) groups is 1. The Balaban J connectivity index is 2.22. The van der Waals surface area contributed by atoms with E-state index >= 15 is 0 Å². The number of benzene rings is 1. The van der Waals surface area contributed by atoms with E-state index in [-0.39, 0.29) is 24.2 Å². The first-order valence-corrected chi connectivity index (χ1v) is 7.10. The molecule has 0 aliphatic rings. The summed E-state index contributed by atoms with van der Waals surface area (Å²) in [6.45, 7) is -0.383. The minimum atomic E-state index is -4.54. The molecular formula is C16H15F3N4O2. The fourth-order valence-electron chi connectivity index (χ4n) is 2.14. The van der Waals surface area contributed by atoms with E-state index in [4.69, 9.17) is 16.2 Å². The number of alkyl halides is 3. The molecule has 0 radical (unpaired) electrons. The van der Waals surface area contributed by atoms with Crippen molar-refractivity contribution in [3.05, 3.63) is 65.0 Å². The lowest BCUT2D eigenvalue weighted by Gasteiger charge is -2.14. The number of halogens is 3. The summed E-state index contributed by atoms with van der Waals surface area (Å²) in [6, 6.07) is 7.08. The molecule has 0 fully saturated rings. The number of ether oxygens (including phenoxy) is 1. The number of hydrogen-bond acceptors (Lipinski definition) is 3. The van der Waals surface area contributed by atoms with E-state index < -0.39 is 23.8 Å². The minimum Gasteiger partial charge on any atom is -0.443 e. The van der Waals surface area contributed by atoms with Gasteiger partial charge in [0.15, 0.2) is 5.96 Å². The largest absolute Gasteiger partial charge is 0.443 e. The first-order chi connectivity index (χ1) is 11.8. The van der Waals surface area contributed by atoms with Crippen LogP contribution in [0.3, 0.4) is 0 Å². The second-order valence-corrected chi connectivity index (χ2v) is 5.12. The highest BCUT2D eigenvalue weighted by atomic mass is 19.4. The van der Waals surface area contributed by atoms with Gasteiger partial charge in [0.05, 0.1) is 5.56 Å². The highest BCUT2D eigenvalue weighted by molar-refractivity contribution is 5.87. The Bertz CT molecular complexity index is 773. The van der Waals surface area contributed by atoms with Crippen molar-refractivity contribution < 1.29 is 22.7 Å². The number of guanidine groups is 1. The highest BCUT2D eigenvalue weighted by Gasteiger charge is 2.33. The number of aromatic nitrogens is 1. The van der Waals surface area contributed by atoms with E-state index in [1.54, 1.807) is 18.3 Å². The van der Waals surface area contributed by atoms with Crippen LogP contribution in [0.2, 0.25) is 0 Å². The summed E-state index contributed by atoms with van der Waals surface area (Å²) in [7, 11) is 0. The average molecular weight is 352 g/mol. The summed E-state index contributed by atoms with van der Waals surface area (Å²) in [5, 5.41) is 0. The summed E-state index contributed by atoms with van der Waals surface area (Å²) in [4.78, 5) is 18.2. The highest BCUT2D eigenvalue weighted by Crippen LogP contribution is 2.33. The number of amides is 1. The van der Waals surface area contributed by atoms with Crippen molar-refractivity contribution >= 4 is 12.1 Å². The van der Waals surface area contributed by atoms with Gasteiger partial charge in [-0.3, -0.25) is 4.98 Å². The molecule has 0 unspecified atom stereocenters. The van der Waals surface area contributed by atoms with Crippen LogP contribution in [0.15, 0.2) is 47.7 Å². The molecule has 1 amide bonds. The monoisotopic (exact) mass is 352 g/mol. The fourth-order valence-corrected chi connectivity index (χ4v) is 2.14. The van der Waals surface area contributed by atoms with Crippen molar-refractivity contribution in [2.24, 2.45) is 16.5 Å². The van der Waals surface area contributed by atoms with E-state index in [0.717, 1.165) is 6.07 Å². The zero-order chi connectivity index (χ0) is 18.4. The third-order valence-electron chi connectivity index (χ3n) is 3.18. The molecule has 0 spiro atoms. The van der Waals surface area contributed by atoms with Gasteiger partial charge in [0.1, 0.15) is 6.61 Å². The molecule has 1 aromatic carbocycles. The van der Waals surface area contributed by atoms with E-state index in [0.29, 0.717) is 5.56 Å². The molecule has 0 saturated carbocycles. The summed E-state index contributed by atoms with van der Waals surface area (Å²) < 4.78 is 44.7. The van der Waals surface area contributed by atoms with Crippen LogP contribution in [0.5, 0.6) is 0 Å². The lowest BCUT2D eigenvalue weighted by atomic mass is 9.98. The van der Waals surface area contributed by atoms with Crippen LogP contribution in [0.25, 0.3) is 0 Å². The van der Waals surface area contributed by atoms with Crippen LogP contribution in [0.4, 0.5) is 18.0 Å². The van der Waals surface area contributed by atoms with Crippen LogP contribution in [-0.2, 0) is 23.9 Å². The molecule has 132 valence electrons. The number of carbonyl (C=O) groups excluding carboxylic acids is 1. The molecule has 2 aromatic rings. The first kappa shape index (κ1) is 18.2. The van der Waals surface area contributed by atoms with Gasteiger partial charge in [0, 0.05) is 12.4 Å². The van der Waals surface area contributed by atoms with Crippen LogP contribution >= 0.6 is 0 Å². The van der Waals surface area contributed by atoms with Crippen molar-refractivity contribution in [3.63, 3.8) is 0 Å². The van der Waals surface area contributed by atoms with Crippen molar-refractivity contribution in [1.82, 2.24) is 4.98 Å². The van der Waals surface area contributed by atoms with Crippen molar-refractivity contribution in [2.75, 3.05) is 0 Å². The zero-order valence-corrected chi connectivity index (χ0v) is 13.0.